The summed E-state index contributed by atoms with van der Waals surface area (Å²) in [6.45, 7) is 13.9. The van der Waals surface area contributed by atoms with Gasteiger partial charge in [-0.1, -0.05) is 0 Å². The van der Waals surface area contributed by atoms with Crippen LogP contribution in [0.25, 0.3) is 0 Å². The number of nitrogens with one attached hydrogen (secondary N) is 1. The van der Waals surface area contributed by atoms with Crippen molar-refractivity contribution < 1.29 is 4.74 Å². The van der Waals surface area contributed by atoms with E-state index in [9.17, 15) is 0 Å². The van der Waals surface area contributed by atoms with Gasteiger partial charge in [0.1, 0.15) is 0 Å². The van der Waals surface area contributed by atoms with Gasteiger partial charge in [-0.05, 0) is 0 Å². The van der Waals surface area contributed by atoms with Gasteiger partial charge in [-0.3, -0.25) is 0 Å². The Hall–Kier alpha value is -0.221. The quantitative estimate of drug-likeness (QED) is 0.379. The molecule has 0 saturated heterocycles. The Balaban J connectivity index is 3.25. The molecule has 0 aromatic rings. The van der Waals surface area contributed by atoms with Crippen molar-refractivity contribution in [2.45, 2.75) is 19.3 Å². The van der Waals surface area contributed by atoms with Crippen molar-refractivity contribution in [1.29, 1.82) is 0 Å². The van der Waals surface area contributed by atoms with E-state index < -0.39 is 0 Å². The van der Waals surface area contributed by atoms with Crippen molar-refractivity contribution in [3.05, 3.63) is 35.1 Å². The maximum atomic E-state index is 5.39. The van der Waals surface area contributed by atoms with Gasteiger partial charge in [-0.2, -0.15) is 0 Å². The van der Waals surface area contributed by atoms with Gasteiger partial charge in [0.2, 0.25) is 0 Å². The Bertz CT molecular complexity index is 214. The first kappa shape index (κ1) is 14.8. The SMILES string of the molecule is C=CCCOCCC(=C)NCC[C](=C)[Sn]. The molecule has 0 saturated carbocycles. The molecule has 0 aromatic carbocycles. The van der Waals surface area contributed by atoms with Crippen LogP contribution in [0.4, 0.5) is 0 Å². The molecule has 3 radical (unpaired) electrons. The summed E-state index contributed by atoms with van der Waals surface area (Å²) in [4.78, 5) is 0. The van der Waals surface area contributed by atoms with Crippen LogP contribution >= 0.6 is 0 Å². The summed E-state index contributed by atoms with van der Waals surface area (Å²) in [5.74, 6) is 0. The minimum atomic E-state index is 0.735. The van der Waals surface area contributed by atoms with E-state index in [0.717, 1.165) is 44.7 Å². The fourth-order valence-electron chi connectivity index (χ4n) is 0.943. The number of hydrogen-bond donors (Lipinski definition) is 1. The Kier molecular flexibility index (Phi) is 10.1. The molecule has 0 heterocycles. The van der Waals surface area contributed by atoms with Crippen molar-refractivity contribution in [2.75, 3.05) is 19.8 Å². The van der Waals surface area contributed by atoms with Crippen molar-refractivity contribution >= 4 is 22.5 Å². The van der Waals surface area contributed by atoms with Gasteiger partial charge < -0.3 is 0 Å². The van der Waals surface area contributed by atoms with E-state index in [1.165, 1.54) is 26.1 Å². The second-order valence-corrected chi connectivity index (χ2v) is 5.34. The Morgan fingerprint density at radius 3 is 2.60 bits per heavy atom. The molecule has 0 amide bonds. The van der Waals surface area contributed by atoms with Crippen molar-refractivity contribution in [3.63, 3.8) is 0 Å². The van der Waals surface area contributed by atoms with Crippen LogP contribution in [0.5, 0.6) is 0 Å². The molecular formula is C12H20NOSn. The molecule has 0 aromatic heterocycles. The van der Waals surface area contributed by atoms with E-state index in [0.29, 0.717) is 0 Å². The second-order valence-electron chi connectivity index (χ2n) is 3.32. The first-order valence-corrected chi connectivity index (χ1v) is 6.59. The molecule has 0 rings (SSSR count). The van der Waals surface area contributed by atoms with Gasteiger partial charge in [-0.25, -0.2) is 0 Å². The van der Waals surface area contributed by atoms with Crippen LogP contribution in [0.15, 0.2) is 35.1 Å². The first-order valence-electron chi connectivity index (χ1n) is 5.16. The summed E-state index contributed by atoms with van der Waals surface area (Å²) in [5, 5.41) is 3.26. The molecule has 1 N–H and O–H groups in total. The maximum absolute atomic E-state index is 5.39. The predicted molar refractivity (Wildman–Crippen MR) is 66.9 cm³/mol. The molecule has 0 aliphatic carbocycles. The van der Waals surface area contributed by atoms with E-state index in [4.69, 9.17) is 4.74 Å². The summed E-state index contributed by atoms with van der Waals surface area (Å²) in [7, 11) is 0. The molecule has 0 bridgehead atoms. The number of ether oxygens (including phenoxy) is 1. The molecule has 0 atom stereocenters. The molecule has 3 heteroatoms. The van der Waals surface area contributed by atoms with Gasteiger partial charge in [-0.15, -0.1) is 0 Å². The molecule has 83 valence electrons. The van der Waals surface area contributed by atoms with Gasteiger partial charge >= 0.3 is 107 Å². The van der Waals surface area contributed by atoms with Crippen LogP contribution in [0, 0.1) is 0 Å². The summed E-state index contributed by atoms with van der Waals surface area (Å²) in [6, 6.07) is 0. The minimum absolute atomic E-state index is 0.735. The summed E-state index contributed by atoms with van der Waals surface area (Å²) in [5.41, 5.74) is 1.05. The topological polar surface area (TPSA) is 21.3 Å². The normalized spacial score (nSPS) is 9.67. The predicted octanol–water partition coefficient (Wildman–Crippen LogP) is 2.14. The molecule has 0 aliphatic heterocycles. The zero-order valence-corrected chi connectivity index (χ0v) is 12.2. The summed E-state index contributed by atoms with van der Waals surface area (Å²) >= 11 is 1.42. The molecule has 0 fully saturated rings. The average Bonchev–Trinajstić information content (AvgIpc) is 2.17. The van der Waals surface area contributed by atoms with Crippen molar-refractivity contribution in [1.82, 2.24) is 5.32 Å². The Labute approximate surface area is 107 Å². The van der Waals surface area contributed by atoms with E-state index in [-0.39, 0.29) is 0 Å². The second kappa shape index (κ2) is 10.3. The molecule has 2 nitrogen and oxygen atoms in total. The molecule has 15 heavy (non-hydrogen) atoms. The first-order chi connectivity index (χ1) is 7.16. The van der Waals surface area contributed by atoms with Crippen molar-refractivity contribution in [2.24, 2.45) is 0 Å². The average molecular weight is 313 g/mol. The van der Waals surface area contributed by atoms with E-state index >= 15 is 0 Å². The third-order valence-corrected chi connectivity index (χ3v) is 2.53. The third kappa shape index (κ3) is 11.7. The zero-order valence-electron chi connectivity index (χ0n) is 9.35. The van der Waals surface area contributed by atoms with Crippen LogP contribution < -0.4 is 5.32 Å². The van der Waals surface area contributed by atoms with Crippen molar-refractivity contribution in [3.8, 4) is 0 Å². The molecule has 0 unspecified atom stereocenters. The Morgan fingerprint density at radius 1 is 1.27 bits per heavy atom. The summed E-state index contributed by atoms with van der Waals surface area (Å²) < 4.78 is 6.67. The number of rotatable bonds is 10. The van der Waals surface area contributed by atoms with Crippen LogP contribution in [-0.4, -0.2) is 42.3 Å². The van der Waals surface area contributed by atoms with Crippen LogP contribution in [0.3, 0.4) is 0 Å². The van der Waals surface area contributed by atoms with Gasteiger partial charge in [0.15, 0.2) is 0 Å². The fraction of sp³-hybridized carbons (Fsp3) is 0.500. The molecular weight excluding hydrogens is 293 g/mol. The van der Waals surface area contributed by atoms with Crippen LogP contribution in [-0.2, 0) is 4.74 Å². The van der Waals surface area contributed by atoms with Gasteiger partial charge in [0.25, 0.3) is 0 Å². The van der Waals surface area contributed by atoms with Crippen LogP contribution in [0.2, 0.25) is 0 Å². The van der Waals surface area contributed by atoms with Gasteiger partial charge in [0, 0.05) is 0 Å². The summed E-state index contributed by atoms with van der Waals surface area (Å²) in [6.07, 6.45) is 4.69. The molecule has 0 spiro atoms. The monoisotopic (exact) mass is 314 g/mol. The standard InChI is InChI=1S/C12H20NO.Sn/c1-4-6-9-13-12(3)8-11-14-10-7-5-2;/h5,13H,1-3,6-11H2;. The van der Waals surface area contributed by atoms with Crippen LogP contribution in [0.1, 0.15) is 19.3 Å². The third-order valence-electron chi connectivity index (χ3n) is 1.82. The zero-order chi connectivity index (χ0) is 11.5. The van der Waals surface area contributed by atoms with E-state index in [1.54, 1.807) is 0 Å². The van der Waals surface area contributed by atoms with Gasteiger partial charge in [0.05, 0.1) is 0 Å². The fourth-order valence-corrected chi connectivity index (χ4v) is 1.30. The molecule has 0 aliphatic rings. The Morgan fingerprint density at radius 2 is 2.00 bits per heavy atom. The van der Waals surface area contributed by atoms with E-state index in [1.807, 2.05) is 6.08 Å². The number of hydrogen-bond acceptors (Lipinski definition) is 2. The van der Waals surface area contributed by atoms with E-state index in [2.05, 4.69) is 25.1 Å².